The van der Waals surface area contributed by atoms with Crippen molar-refractivity contribution in [2.45, 2.75) is 39.2 Å². The van der Waals surface area contributed by atoms with Crippen molar-refractivity contribution < 1.29 is 0 Å². The van der Waals surface area contributed by atoms with Crippen LogP contribution in [-0.4, -0.2) is 18.6 Å². The molecule has 0 aromatic heterocycles. The topological polar surface area (TPSA) is 38.0 Å². The maximum Gasteiger partial charge on any atom is 0.0304 e. The Hall–Kier alpha value is -0.0800. The van der Waals surface area contributed by atoms with E-state index in [4.69, 9.17) is 5.73 Å². The molecule has 1 fully saturated rings. The summed E-state index contributed by atoms with van der Waals surface area (Å²) < 4.78 is 0. The first-order valence-electron chi connectivity index (χ1n) is 5.03. The lowest BCUT2D eigenvalue weighted by Crippen LogP contribution is -2.51. The van der Waals surface area contributed by atoms with E-state index >= 15 is 0 Å². The highest BCUT2D eigenvalue weighted by Gasteiger charge is 2.39. The minimum absolute atomic E-state index is 0.213. The van der Waals surface area contributed by atoms with Crippen LogP contribution in [0.25, 0.3) is 0 Å². The Morgan fingerprint density at radius 2 is 2.08 bits per heavy atom. The Kier molecular flexibility index (Phi) is 3.13. The van der Waals surface area contributed by atoms with E-state index in [0.717, 1.165) is 24.9 Å². The normalized spacial score (nSPS) is 22.8. The second kappa shape index (κ2) is 3.75. The standard InChI is InChI=1S/C10H22N2/c1-8(2)6-12-10(3,7-11)9-4-5-9/h8-9,12H,4-7,11H2,1-3H3. The zero-order valence-corrected chi connectivity index (χ0v) is 8.56. The molecule has 72 valence electrons. The van der Waals surface area contributed by atoms with Gasteiger partial charge in [-0.2, -0.15) is 0 Å². The highest BCUT2D eigenvalue weighted by atomic mass is 15.0. The lowest BCUT2D eigenvalue weighted by Gasteiger charge is -2.30. The molecule has 3 N–H and O–H groups in total. The van der Waals surface area contributed by atoms with Gasteiger partial charge >= 0.3 is 0 Å². The molecule has 1 atom stereocenters. The summed E-state index contributed by atoms with van der Waals surface area (Å²) in [6, 6.07) is 0. The zero-order chi connectivity index (χ0) is 9.19. The molecule has 1 unspecified atom stereocenters. The van der Waals surface area contributed by atoms with Crippen LogP contribution in [0.4, 0.5) is 0 Å². The molecule has 0 aromatic carbocycles. The molecule has 2 heteroatoms. The van der Waals surface area contributed by atoms with E-state index in [-0.39, 0.29) is 5.54 Å². The van der Waals surface area contributed by atoms with E-state index in [0.29, 0.717) is 0 Å². The van der Waals surface area contributed by atoms with Gasteiger partial charge in [0, 0.05) is 12.1 Å². The van der Waals surface area contributed by atoms with Gasteiger partial charge in [0.2, 0.25) is 0 Å². The molecule has 2 nitrogen and oxygen atoms in total. The van der Waals surface area contributed by atoms with Gasteiger partial charge < -0.3 is 11.1 Å². The second-order valence-electron chi connectivity index (χ2n) is 4.67. The summed E-state index contributed by atoms with van der Waals surface area (Å²) in [6.45, 7) is 8.58. The summed E-state index contributed by atoms with van der Waals surface area (Å²) in [4.78, 5) is 0. The molecule has 1 aliphatic carbocycles. The van der Waals surface area contributed by atoms with Crippen LogP contribution in [0.3, 0.4) is 0 Å². The molecule has 1 rings (SSSR count). The Balaban J connectivity index is 2.33. The van der Waals surface area contributed by atoms with Crippen LogP contribution in [-0.2, 0) is 0 Å². The van der Waals surface area contributed by atoms with Crippen LogP contribution >= 0.6 is 0 Å². The van der Waals surface area contributed by atoms with E-state index < -0.39 is 0 Å². The third kappa shape index (κ3) is 2.46. The van der Waals surface area contributed by atoms with Crippen molar-refractivity contribution in [2.24, 2.45) is 17.6 Å². The average Bonchev–Trinajstić information content (AvgIpc) is 2.82. The number of hydrogen-bond donors (Lipinski definition) is 2. The monoisotopic (exact) mass is 170 g/mol. The van der Waals surface area contributed by atoms with Crippen LogP contribution < -0.4 is 11.1 Å². The number of rotatable bonds is 5. The van der Waals surface area contributed by atoms with Gasteiger partial charge in [0.1, 0.15) is 0 Å². The molecule has 1 aliphatic rings. The molecule has 1 saturated carbocycles. The zero-order valence-electron chi connectivity index (χ0n) is 8.56. The smallest absolute Gasteiger partial charge is 0.0304 e. The summed E-state index contributed by atoms with van der Waals surface area (Å²) in [5.41, 5.74) is 5.98. The first-order chi connectivity index (χ1) is 5.58. The van der Waals surface area contributed by atoms with Gasteiger partial charge in [0.15, 0.2) is 0 Å². The van der Waals surface area contributed by atoms with E-state index in [1.807, 2.05) is 0 Å². The van der Waals surface area contributed by atoms with Gasteiger partial charge in [0.25, 0.3) is 0 Å². The SMILES string of the molecule is CC(C)CNC(C)(CN)C1CC1. The van der Waals surface area contributed by atoms with Gasteiger partial charge in [0.05, 0.1) is 0 Å². The Morgan fingerprint density at radius 3 is 2.42 bits per heavy atom. The van der Waals surface area contributed by atoms with Gasteiger partial charge in [-0.15, -0.1) is 0 Å². The highest BCUT2D eigenvalue weighted by Crippen LogP contribution is 2.38. The molecule has 0 spiro atoms. The summed E-state index contributed by atoms with van der Waals surface area (Å²) in [7, 11) is 0. The number of nitrogens with one attached hydrogen (secondary N) is 1. The summed E-state index contributed by atoms with van der Waals surface area (Å²) >= 11 is 0. The lowest BCUT2D eigenvalue weighted by molar-refractivity contribution is 0.304. The fourth-order valence-corrected chi connectivity index (χ4v) is 1.54. The first kappa shape index (κ1) is 10.0. The minimum Gasteiger partial charge on any atom is -0.329 e. The van der Waals surface area contributed by atoms with E-state index in [1.165, 1.54) is 12.8 Å². The summed E-state index contributed by atoms with van der Waals surface area (Å²) in [6.07, 6.45) is 2.72. The molecular weight excluding hydrogens is 148 g/mol. The van der Waals surface area contributed by atoms with E-state index in [1.54, 1.807) is 0 Å². The second-order valence-corrected chi connectivity index (χ2v) is 4.67. The van der Waals surface area contributed by atoms with Crippen LogP contribution in [0.2, 0.25) is 0 Å². The largest absolute Gasteiger partial charge is 0.329 e. The molecule has 0 aliphatic heterocycles. The fraction of sp³-hybridized carbons (Fsp3) is 1.00. The highest BCUT2D eigenvalue weighted by molar-refractivity contribution is 4.98. The van der Waals surface area contributed by atoms with Crippen LogP contribution in [0.15, 0.2) is 0 Å². The van der Waals surface area contributed by atoms with Crippen molar-refractivity contribution in [2.75, 3.05) is 13.1 Å². The van der Waals surface area contributed by atoms with Crippen molar-refractivity contribution in [1.82, 2.24) is 5.32 Å². The predicted octanol–water partition coefficient (Wildman–Crippen LogP) is 1.36. The van der Waals surface area contributed by atoms with Crippen molar-refractivity contribution in [3.8, 4) is 0 Å². The van der Waals surface area contributed by atoms with Crippen molar-refractivity contribution >= 4 is 0 Å². The van der Waals surface area contributed by atoms with Crippen molar-refractivity contribution in [1.29, 1.82) is 0 Å². The molecule has 0 radical (unpaired) electrons. The number of hydrogen-bond acceptors (Lipinski definition) is 2. The molecule has 0 aromatic rings. The Morgan fingerprint density at radius 1 is 1.50 bits per heavy atom. The first-order valence-corrected chi connectivity index (χ1v) is 5.03. The molecule has 0 heterocycles. The molecule has 0 bridgehead atoms. The van der Waals surface area contributed by atoms with Gasteiger partial charge in [-0.05, 0) is 38.1 Å². The molecule has 0 saturated heterocycles. The fourth-order valence-electron chi connectivity index (χ4n) is 1.54. The lowest BCUT2D eigenvalue weighted by atomic mass is 9.95. The maximum absolute atomic E-state index is 5.77. The molecule has 12 heavy (non-hydrogen) atoms. The quantitative estimate of drug-likeness (QED) is 0.654. The van der Waals surface area contributed by atoms with E-state index in [9.17, 15) is 0 Å². The van der Waals surface area contributed by atoms with E-state index in [2.05, 4.69) is 26.1 Å². The predicted molar refractivity (Wildman–Crippen MR) is 53.0 cm³/mol. The van der Waals surface area contributed by atoms with Crippen LogP contribution in [0.1, 0.15) is 33.6 Å². The van der Waals surface area contributed by atoms with Crippen molar-refractivity contribution in [3.63, 3.8) is 0 Å². The third-order valence-electron chi connectivity index (χ3n) is 2.82. The van der Waals surface area contributed by atoms with Gasteiger partial charge in [-0.3, -0.25) is 0 Å². The average molecular weight is 170 g/mol. The van der Waals surface area contributed by atoms with Gasteiger partial charge in [-0.1, -0.05) is 13.8 Å². The van der Waals surface area contributed by atoms with Crippen LogP contribution in [0.5, 0.6) is 0 Å². The van der Waals surface area contributed by atoms with Crippen molar-refractivity contribution in [3.05, 3.63) is 0 Å². The molecule has 0 amide bonds. The van der Waals surface area contributed by atoms with Gasteiger partial charge in [-0.25, -0.2) is 0 Å². The Bertz CT molecular complexity index is 141. The maximum atomic E-state index is 5.77. The summed E-state index contributed by atoms with van der Waals surface area (Å²) in [5.74, 6) is 1.55. The minimum atomic E-state index is 0.213. The third-order valence-corrected chi connectivity index (χ3v) is 2.82. The van der Waals surface area contributed by atoms with Crippen LogP contribution in [0, 0.1) is 11.8 Å². The Labute approximate surface area is 75.9 Å². The number of nitrogens with two attached hydrogens (primary N) is 1. The summed E-state index contributed by atoms with van der Waals surface area (Å²) in [5, 5.41) is 3.58. The molecular formula is C10H22N2.